The van der Waals surface area contributed by atoms with Gasteiger partial charge in [-0.3, -0.25) is 0 Å². The van der Waals surface area contributed by atoms with E-state index in [0.29, 0.717) is 5.54 Å². The van der Waals surface area contributed by atoms with E-state index >= 15 is 0 Å². The molecule has 3 nitrogen and oxygen atoms in total. The maximum atomic E-state index is 6.16. The first-order valence-electron chi connectivity index (χ1n) is 8.20. The van der Waals surface area contributed by atoms with Crippen LogP contribution in [0.15, 0.2) is 24.3 Å². The van der Waals surface area contributed by atoms with Gasteiger partial charge in [-0.15, -0.1) is 0 Å². The lowest BCUT2D eigenvalue weighted by Crippen LogP contribution is -2.56. The molecule has 1 aliphatic rings. The molecular weight excluding hydrogens is 258 g/mol. The van der Waals surface area contributed by atoms with Crippen LogP contribution in [0.4, 0.5) is 5.69 Å². The van der Waals surface area contributed by atoms with Crippen molar-refractivity contribution in [2.45, 2.75) is 50.6 Å². The van der Waals surface area contributed by atoms with Gasteiger partial charge in [0, 0.05) is 30.9 Å². The largest absolute Gasteiger partial charge is 0.373 e. The Labute approximate surface area is 130 Å². The van der Waals surface area contributed by atoms with Crippen molar-refractivity contribution in [3.8, 4) is 0 Å². The maximum absolute atomic E-state index is 6.16. The maximum Gasteiger partial charge on any atom is 0.0397 e. The molecule has 1 aliphatic carbocycles. The Morgan fingerprint density at radius 3 is 2.38 bits per heavy atom. The molecule has 1 fully saturated rings. The number of para-hydroxylation sites is 1. The minimum absolute atomic E-state index is 0.256. The van der Waals surface area contributed by atoms with Crippen LogP contribution in [0, 0.1) is 0 Å². The van der Waals surface area contributed by atoms with Crippen LogP contribution in [0.3, 0.4) is 0 Å². The molecular formula is C18H31N3. The van der Waals surface area contributed by atoms with Crippen LogP contribution in [0.5, 0.6) is 0 Å². The second-order valence-corrected chi connectivity index (χ2v) is 6.83. The number of benzene rings is 1. The molecule has 0 saturated heterocycles. The number of nitrogens with zero attached hydrogens (tertiary/aromatic N) is 2. The molecule has 0 amide bonds. The SMILES string of the molecule is CCC(N)Cc1ccccc1N(C)CC1(N(C)C)CCC1. The molecule has 0 bridgehead atoms. The number of anilines is 1. The van der Waals surface area contributed by atoms with E-state index in [0.717, 1.165) is 19.4 Å². The van der Waals surface area contributed by atoms with E-state index in [1.54, 1.807) is 0 Å². The van der Waals surface area contributed by atoms with Crippen molar-refractivity contribution in [3.63, 3.8) is 0 Å². The number of likely N-dealkylation sites (N-methyl/N-ethyl adjacent to an activating group) is 2. The van der Waals surface area contributed by atoms with Crippen molar-refractivity contribution in [2.24, 2.45) is 5.73 Å². The average molecular weight is 289 g/mol. The van der Waals surface area contributed by atoms with E-state index < -0.39 is 0 Å². The van der Waals surface area contributed by atoms with E-state index in [4.69, 9.17) is 5.73 Å². The van der Waals surface area contributed by atoms with Gasteiger partial charge in [0.2, 0.25) is 0 Å². The predicted octanol–water partition coefficient (Wildman–Crippen LogP) is 2.89. The van der Waals surface area contributed by atoms with E-state index in [1.165, 1.54) is 30.5 Å². The average Bonchev–Trinajstić information content (AvgIpc) is 2.42. The normalized spacial score (nSPS) is 18.4. The number of hydrogen-bond acceptors (Lipinski definition) is 3. The third-order valence-corrected chi connectivity index (χ3v) is 5.17. The Bertz CT molecular complexity index is 452. The lowest BCUT2D eigenvalue weighted by molar-refractivity contribution is 0.0683. The highest BCUT2D eigenvalue weighted by Crippen LogP contribution is 2.37. The minimum Gasteiger partial charge on any atom is -0.373 e. The van der Waals surface area contributed by atoms with Gasteiger partial charge in [0.25, 0.3) is 0 Å². The van der Waals surface area contributed by atoms with Crippen molar-refractivity contribution in [2.75, 3.05) is 32.6 Å². The summed E-state index contributed by atoms with van der Waals surface area (Å²) in [4.78, 5) is 4.84. The Hall–Kier alpha value is -1.06. The molecule has 3 heteroatoms. The van der Waals surface area contributed by atoms with E-state index in [2.05, 4.69) is 62.1 Å². The monoisotopic (exact) mass is 289 g/mol. The van der Waals surface area contributed by atoms with Crippen LogP contribution in [0.25, 0.3) is 0 Å². The lowest BCUT2D eigenvalue weighted by atomic mass is 9.75. The van der Waals surface area contributed by atoms with E-state index in [1.807, 2.05) is 0 Å². The molecule has 21 heavy (non-hydrogen) atoms. The van der Waals surface area contributed by atoms with Gasteiger partial charge in [-0.25, -0.2) is 0 Å². The van der Waals surface area contributed by atoms with Crippen LogP contribution in [-0.4, -0.2) is 44.2 Å². The highest BCUT2D eigenvalue weighted by Gasteiger charge is 2.40. The summed E-state index contributed by atoms with van der Waals surface area (Å²) in [6, 6.07) is 8.98. The standard InChI is InChI=1S/C18H31N3/c1-5-16(19)13-15-9-6-7-10-17(15)21(4)14-18(20(2)3)11-8-12-18/h6-7,9-10,16H,5,8,11-14,19H2,1-4H3. The van der Waals surface area contributed by atoms with E-state index in [-0.39, 0.29) is 6.04 Å². The van der Waals surface area contributed by atoms with E-state index in [9.17, 15) is 0 Å². The zero-order chi connectivity index (χ0) is 15.5. The Kier molecular flexibility index (Phi) is 5.28. The summed E-state index contributed by atoms with van der Waals surface area (Å²) in [7, 11) is 6.65. The van der Waals surface area contributed by atoms with Gasteiger partial charge in [0.05, 0.1) is 0 Å². The van der Waals surface area contributed by atoms with Crippen molar-refractivity contribution in [3.05, 3.63) is 29.8 Å². The minimum atomic E-state index is 0.256. The molecule has 118 valence electrons. The summed E-state index contributed by atoms with van der Waals surface area (Å²) >= 11 is 0. The van der Waals surface area contributed by atoms with Gasteiger partial charge in [0.15, 0.2) is 0 Å². The van der Waals surface area contributed by atoms with Gasteiger partial charge >= 0.3 is 0 Å². The molecule has 0 radical (unpaired) electrons. The zero-order valence-corrected chi connectivity index (χ0v) is 14.1. The molecule has 0 aromatic heterocycles. The third kappa shape index (κ3) is 3.58. The summed E-state index contributed by atoms with van der Waals surface area (Å²) in [6.45, 7) is 3.25. The van der Waals surface area contributed by atoms with Crippen LogP contribution in [0.2, 0.25) is 0 Å². The molecule has 1 atom stereocenters. The number of nitrogens with two attached hydrogens (primary N) is 1. The number of rotatable bonds is 7. The van der Waals surface area contributed by atoms with Crippen molar-refractivity contribution in [1.29, 1.82) is 0 Å². The highest BCUT2D eigenvalue weighted by molar-refractivity contribution is 5.54. The van der Waals surface area contributed by atoms with Crippen LogP contribution >= 0.6 is 0 Å². The molecule has 2 rings (SSSR count). The molecule has 1 aromatic rings. The van der Waals surface area contributed by atoms with Gasteiger partial charge in [-0.05, 0) is 57.8 Å². The molecule has 0 aliphatic heterocycles. The highest BCUT2D eigenvalue weighted by atomic mass is 15.2. The summed E-state index contributed by atoms with van der Waals surface area (Å²) in [6.07, 6.45) is 5.96. The topological polar surface area (TPSA) is 32.5 Å². The van der Waals surface area contributed by atoms with Gasteiger partial charge < -0.3 is 15.5 Å². The molecule has 1 aromatic carbocycles. The van der Waals surface area contributed by atoms with Crippen molar-refractivity contribution >= 4 is 5.69 Å². The van der Waals surface area contributed by atoms with Crippen LogP contribution < -0.4 is 10.6 Å². The summed E-state index contributed by atoms with van der Waals surface area (Å²) in [5.74, 6) is 0. The predicted molar refractivity (Wildman–Crippen MR) is 92.0 cm³/mol. The Balaban J connectivity index is 2.13. The Morgan fingerprint density at radius 2 is 1.86 bits per heavy atom. The fourth-order valence-corrected chi connectivity index (χ4v) is 3.34. The van der Waals surface area contributed by atoms with Crippen molar-refractivity contribution in [1.82, 2.24) is 4.90 Å². The zero-order valence-electron chi connectivity index (χ0n) is 14.1. The molecule has 2 N–H and O–H groups in total. The lowest BCUT2D eigenvalue weighted by Gasteiger charge is -2.49. The fourth-order valence-electron chi connectivity index (χ4n) is 3.34. The number of hydrogen-bond donors (Lipinski definition) is 1. The summed E-state index contributed by atoms with van der Waals surface area (Å²) < 4.78 is 0. The third-order valence-electron chi connectivity index (χ3n) is 5.17. The fraction of sp³-hybridized carbons (Fsp3) is 0.667. The first-order chi connectivity index (χ1) is 9.98. The van der Waals surface area contributed by atoms with Gasteiger partial charge in [-0.2, -0.15) is 0 Å². The summed E-state index contributed by atoms with van der Waals surface area (Å²) in [5, 5.41) is 0. The Morgan fingerprint density at radius 1 is 1.19 bits per heavy atom. The summed E-state index contributed by atoms with van der Waals surface area (Å²) in [5.41, 5.74) is 9.24. The van der Waals surface area contributed by atoms with Gasteiger partial charge in [-0.1, -0.05) is 25.1 Å². The van der Waals surface area contributed by atoms with Crippen LogP contribution in [-0.2, 0) is 6.42 Å². The van der Waals surface area contributed by atoms with Crippen LogP contribution in [0.1, 0.15) is 38.2 Å². The second-order valence-electron chi connectivity index (χ2n) is 6.83. The molecule has 1 unspecified atom stereocenters. The van der Waals surface area contributed by atoms with Crippen molar-refractivity contribution < 1.29 is 0 Å². The first-order valence-corrected chi connectivity index (χ1v) is 8.20. The molecule has 0 heterocycles. The smallest absolute Gasteiger partial charge is 0.0397 e. The molecule has 0 spiro atoms. The quantitative estimate of drug-likeness (QED) is 0.838. The first kappa shape index (κ1) is 16.3. The van der Waals surface area contributed by atoms with Gasteiger partial charge in [0.1, 0.15) is 0 Å². The molecule has 1 saturated carbocycles. The second kappa shape index (κ2) is 6.80.